The summed E-state index contributed by atoms with van der Waals surface area (Å²) in [4.78, 5) is 22.1. The molecule has 0 bridgehead atoms. The number of rotatable bonds is 9. The highest BCUT2D eigenvalue weighted by atomic mass is 16.5. The van der Waals surface area contributed by atoms with E-state index in [4.69, 9.17) is 9.84 Å². The van der Waals surface area contributed by atoms with Crippen molar-refractivity contribution in [1.29, 1.82) is 0 Å². The predicted octanol–water partition coefficient (Wildman–Crippen LogP) is 0.966. The van der Waals surface area contributed by atoms with Crippen LogP contribution in [0, 0.1) is 0 Å². The van der Waals surface area contributed by atoms with Crippen LogP contribution in [0.25, 0.3) is 0 Å². The molecule has 0 rings (SSSR count). The van der Waals surface area contributed by atoms with Crippen LogP contribution in [0.2, 0.25) is 0 Å². The summed E-state index contributed by atoms with van der Waals surface area (Å²) in [5, 5.41) is 13.9. The maximum Gasteiger partial charge on any atom is 0.326 e. The minimum Gasteiger partial charge on any atom is -0.480 e. The summed E-state index contributed by atoms with van der Waals surface area (Å²) in [5.41, 5.74) is 0. The Morgan fingerprint density at radius 2 is 2.06 bits per heavy atom. The second kappa shape index (κ2) is 9.89. The van der Waals surface area contributed by atoms with Gasteiger partial charge in [-0.2, -0.15) is 0 Å². The van der Waals surface area contributed by atoms with Gasteiger partial charge in [-0.05, 0) is 19.3 Å². The summed E-state index contributed by atoms with van der Waals surface area (Å²) < 4.78 is 4.87. The summed E-state index contributed by atoms with van der Waals surface area (Å²) >= 11 is 0. The molecule has 2 amide bonds. The first-order valence-corrected chi connectivity index (χ1v) is 5.88. The third-order valence-electron chi connectivity index (χ3n) is 2.24. The number of hydrogen-bond donors (Lipinski definition) is 3. The van der Waals surface area contributed by atoms with Gasteiger partial charge in [0.25, 0.3) is 0 Å². The van der Waals surface area contributed by atoms with Gasteiger partial charge < -0.3 is 20.5 Å². The summed E-state index contributed by atoms with van der Waals surface area (Å²) in [6.07, 6.45) is 2.83. The number of carbonyl (C=O) groups is 2. The Labute approximate surface area is 102 Å². The largest absolute Gasteiger partial charge is 0.480 e. The van der Waals surface area contributed by atoms with Crippen LogP contribution in [0.3, 0.4) is 0 Å². The molecular weight excluding hydrogens is 224 g/mol. The van der Waals surface area contributed by atoms with Crippen molar-refractivity contribution in [2.24, 2.45) is 0 Å². The molecule has 3 N–H and O–H groups in total. The highest BCUT2D eigenvalue weighted by Gasteiger charge is 2.17. The van der Waals surface area contributed by atoms with E-state index in [1.807, 2.05) is 6.92 Å². The Morgan fingerprint density at radius 1 is 1.35 bits per heavy atom. The van der Waals surface area contributed by atoms with Crippen LogP contribution in [0.15, 0.2) is 0 Å². The lowest BCUT2D eigenvalue weighted by Crippen LogP contribution is -2.46. The van der Waals surface area contributed by atoms with Gasteiger partial charge in [0.2, 0.25) is 0 Å². The molecule has 1 atom stereocenters. The van der Waals surface area contributed by atoms with Gasteiger partial charge in [0.05, 0.1) is 0 Å². The van der Waals surface area contributed by atoms with Gasteiger partial charge in [-0.1, -0.05) is 13.3 Å². The fraction of sp³-hybridized carbons (Fsp3) is 0.818. The van der Waals surface area contributed by atoms with Gasteiger partial charge in [0.15, 0.2) is 0 Å². The van der Waals surface area contributed by atoms with Crippen LogP contribution in [0.5, 0.6) is 0 Å². The Kier molecular flexibility index (Phi) is 9.14. The highest BCUT2D eigenvalue weighted by Crippen LogP contribution is 1.96. The number of aliphatic carboxylic acids is 1. The zero-order chi connectivity index (χ0) is 13.1. The topological polar surface area (TPSA) is 87.7 Å². The van der Waals surface area contributed by atoms with Crippen LogP contribution in [0.4, 0.5) is 4.79 Å². The molecule has 0 aliphatic rings. The molecule has 0 aromatic carbocycles. The van der Waals surface area contributed by atoms with Crippen LogP contribution >= 0.6 is 0 Å². The molecule has 0 fully saturated rings. The molecule has 0 spiro atoms. The van der Waals surface area contributed by atoms with E-state index in [0.717, 1.165) is 12.8 Å². The van der Waals surface area contributed by atoms with Gasteiger partial charge in [-0.3, -0.25) is 0 Å². The lowest BCUT2D eigenvalue weighted by Gasteiger charge is -2.14. The second-order valence-electron chi connectivity index (χ2n) is 3.78. The number of carbonyl (C=O) groups excluding carboxylic acids is 1. The first kappa shape index (κ1) is 15.7. The smallest absolute Gasteiger partial charge is 0.326 e. The summed E-state index contributed by atoms with van der Waals surface area (Å²) in [6, 6.07) is -1.23. The minimum atomic E-state index is -0.999. The van der Waals surface area contributed by atoms with Crippen molar-refractivity contribution >= 4 is 12.0 Å². The van der Waals surface area contributed by atoms with Crippen molar-refractivity contribution in [3.63, 3.8) is 0 Å². The van der Waals surface area contributed by atoms with Crippen molar-refractivity contribution in [2.45, 2.75) is 38.6 Å². The molecule has 6 heteroatoms. The average molecular weight is 246 g/mol. The van der Waals surface area contributed by atoms with Crippen LogP contribution < -0.4 is 10.6 Å². The first-order valence-electron chi connectivity index (χ1n) is 5.88. The van der Waals surface area contributed by atoms with Gasteiger partial charge in [0.1, 0.15) is 6.04 Å². The molecule has 0 aliphatic carbocycles. The number of carboxylic acid groups (broad SMARTS) is 1. The van der Waals surface area contributed by atoms with E-state index < -0.39 is 18.0 Å². The van der Waals surface area contributed by atoms with Gasteiger partial charge in [-0.15, -0.1) is 0 Å². The molecule has 0 unspecified atom stereocenters. The molecule has 0 saturated heterocycles. The number of carboxylic acids is 1. The first-order chi connectivity index (χ1) is 8.11. The Bertz CT molecular complexity index is 234. The van der Waals surface area contributed by atoms with E-state index >= 15 is 0 Å². The van der Waals surface area contributed by atoms with Gasteiger partial charge >= 0.3 is 12.0 Å². The number of ether oxygens (including phenoxy) is 1. The molecule has 0 radical (unpaired) electrons. The number of methoxy groups -OCH3 is 1. The average Bonchev–Trinajstić information content (AvgIpc) is 2.28. The molecule has 0 saturated carbocycles. The maximum atomic E-state index is 11.3. The summed E-state index contributed by atoms with van der Waals surface area (Å²) in [7, 11) is 1.63. The molecule has 0 aromatic heterocycles. The second-order valence-corrected chi connectivity index (χ2v) is 3.78. The Morgan fingerprint density at radius 3 is 2.59 bits per heavy atom. The summed E-state index contributed by atoms with van der Waals surface area (Å²) in [5.74, 6) is -0.999. The monoisotopic (exact) mass is 246 g/mol. The molecule has 0 aliphatic heterocycles. The molecule has 0 heterocycles. The lowest BCUT2D eigenvalue weighted by atomic mass is 10.2. The quantitative estimate of drug-likeness (QED) is 0.529. The van der Waals surface area contributed by atoms with E-state index in [9.17, 15) is 9.59 Å². The van der Waals surface area contributed by atoms with E-state index in [1.54, 1.807) is 7.11 Å². The van der Waals surface area contributed by atoms with Gasteiger partial charge in [-0.25, -0.2) is 9.59 Å². The SMILES string of the molecule is CCC[C@H](NC(=O)NCCCCOC)C(=O)O. The predicted molar refractivity (Wildman–Crippen MR) is 64.0 cm³/mol. The maximum absolute atomic E-state index is 11.3. The fourth-order valence-electron chi connectivity index (χ4n) is 1.33. The zero-order valence-electron chi connectivity index (χ0n) is 10.5. The van der Waals surface area contributed by atoms with Gasteiger partial charge in [0, 0.05) is 20.3 Å². The standard InChI is InChI=1S/C11H22N2O4/c1-3-6-9(10(14)15)13-11(16)12-7-4-5-8-17-2/h9H,3-8H2,1-2H3,(H,14,15)(H2,12,13,16)/t9-/m0/s1. The third-order valence-corrected chi connectivity index (χ3v) is 2.24. The van der Waals surface area contributed by atoms with E-state index in [0.29, 0.717) is 26.0 Å². The van der Waals surface area contributed by atoms with Crippen molar-refractivity contribution < 1.29 is 19.4 Å². The molecular formula is C11H22N2O4. The van der Waals surface area contributed by atoms with E-state index in [1.165, 1.54) is 0 Å². The Balaban J connectivity index is 3.71. The fourth-order valence-corrected chi connectivity index (χ4v) is 1.33. The number of nitrogens with one attached hydrogen (secondary N) is 2. The third kappa shape index (κ3) is 8.50. The number of unbranched alkanes of at least 4 members (excludes halogenated alkanes) is 1. The molecule has 100 valence electrons. The number of hydrogen-bond acceptors (Lipinski definition) is 3. The van der Waals surface area contributed by atoms with Crippen LogP contribution in [-0.4, -0.2) is 43.4 Å². The lowest BCUT2D eigenvalue weighted by molar-refractivity contribution is -0.139. The van der Waals surface area contributed by atoms with E-state index in [2.05, 4.69) is 10.6 Å². The summed E-state index contributed by atoms with van der Waals surface area (Å²) in [6.45, 7) is 3.06. The zero-order valence-corrected chi connectivity index (χ0v) is 10.5. The Hall–Kier alpha value is -1.30. The van der Waals surface area contributed by atoms with E-state index in [-0.39, 0.29) is 0 Å². The molecule has 17 heavy (non-hydrogen) atoms. The van der Waals surface area contributed by atoms with Crippen molar-refractivity contribution in [1.82, 2.24) is 10.6 Å². The number of amides is 2. The van der Waals surface area contributed by atoms with Crippen molar-refractivity contribution in [3.8, 4) is 0 Å². The minimum absolute atomic E-state index is 0.428. The molecule has 6 nitrogen and oxygen atoms in total. The highest BCUT2D eigenvalue weighted by molar-refractivity contribution is 5.82. The van der Waals surface area contributed by atoms with Crippen molar-refractivity contribution in [2.75, 3.05) is 20.3 Å². The number of urea groups is 1. The molecule has 0 aromatic rings. The van der Waals surface area contributed by atoms with Crippen LogP contribution in [-0.2, 0) is 9.53 Å². The van der Waals surface area contributed by atoms with Crippen molar-refractivity contribution in [3.05, 3.63) is 0 Å². The normalized spacial score (nSPS) is 11.9. The van der Waals surface area contributed by atoms with Crippen LogP contribution in [0.1, 0.15) is 32.6 Å².